The van der Waals surface area contributed by atoms with Crippen molar-refractivity contribution >= 4 is 27.2 Å². The molecule has 1 atom stereocenters. The summed E-state index contributed by atoms with van der Waals surface area (Å²) in [6.45, 7) is 2.73. The Morgan fingerprint density at radius 2 is 1.96 bits per heavy atom. The minimum atomic E-state index is -0.0540. The van der Waals surface area contributed by atoms with E-state index in [0.717, 1.165) is 16.2 Å². The Balaban J connectivity index is 1.60. The number of fused-ring (bicyclic) bond motifs is 2. The molecule has 6 heteroatoms. The Morgan fingerprint density at radius 1 is 1.16 bits per heavy atom. The van der Waals surface area contributed by atoms with Crippen molar-refractivity contribution in [3.63, 3.8) is 0 Å². The summed E-state index contributed by atoms with van der Waals surface area (Å²) >= 11 is 1.71. The van der Waals surface area contributed by atoms with E-state index >= 15 is 0 Å². The molecule has 0 radical (unpaired) electrons. The van der Waals surface area contributed by atoms with E-state index in [1.807, 2.05) is 43.4 Å². The number of rotatable bonds is 4. The molecule has 0 spiro atoms. The van der Waals surface area contributed by atoms with Crippen molar-refractivity contribution in [1.82, 2.24) is 19.3 Å². The predicted octanol–water partition coefficient (Wildman–Crippen LogP) is 3.50. The van der Waals surface area contributed by atoms with Gasteiger partial charge in [0.2, 0.25) is 0 Å². The highest BCUT2D eigenvalue weighted by atomic mass is 32.1. The summed E-state index contributed by atoms with van der Waals surface area (Å²) in [6.07, 6.45) is 1.74. The molecule has 25 heavy (non-hydrogen) atoms. The third-order valence-corrected chi connectivity index (χ3v) is 5.57. The van der Waals surface area contributed by atoms with Crippen molar-refractivity contribution in [3.05, 3.63) is 75.8 Å². The van der Waals surface area contributed by atoms with Crippen LogP contribution >= 0.6 is 11.3 Å². The van der Waals surface area contributed by atoms with Crippen LogP contribution in [0, 0.1) is 0 Å². The maximum Gasteiger partial charge on any atom is 0.258 e. The van der Waals surface area contributed by atoms with Gasteiger partial charge in [0.15, 0.2) is 0 Å². The second-order valence-electron chi connectivity index (χ2n) is 6.13. The van der Waals surface area contributed by atoms with Gasteiger partial charge in [-0.05, 0) is 38.2 Å². The molecule has 0 amide bonds. The van der Waals surface area contributed by atoms with Gasteiger partial charge in [0.1, 0.15) is 10.7 Å². The quantitative estimate of drug-likeness (QED) is 0.565. The van der Waals surface area contributed by atoms with Gasteiger partial charge < -0.3 is 0 Å². The molecule has 0 bridgehead atoms. The molecule has 0 fully saturated rings. The van der Waals surface area contributed by atoms with Crippen molar-refractivity contribution < 1.29 is 0 Å². The van der Waals surface area contributed by atoms with E-state index in [1.165, 1.54) is 4.70 Å². The molecule has 1 aromatic carbocycles. The fraction of sp³-hybridized carbons (Fsp3) is 0.211. The lowest BCUT2D eigenvalue weighted by atomic mass is 10.2. The molecule has 0 aliphatic heterocycles. The zero-order valence-electron chi connectivity index (χ0n) is 14.1. The molecule has 126 valence electrons. The second kappa shape index (κ2) is 6.38. The van der Waals surface area contributed by atoms with Crippen LogP contribution in [0.4, 0.5) is 0 Å². The first kappa shape index (κ1) is 15.9. The lowest BCUT2D eigenvalue weighted by Gasteiger charge is -2.22. The fourth-order valence-corrected chi connectivity index (χ4v) is 3.92. The molecule has 0 aliphatic carbocycles. The summed E-state index contributed by atoms with van der Waals surface area (Å²) in [7, 11) is 2.03. The minimum Gasteiger partial charge on any atom is -0.291 e. The molecule has 0 saturated carbocycles. The van der Waals surface area contributed by atoms with Crippen LogP contribution in [-0.4, -0.2) is 26.3 Å². The standard InChI is InChI=1S/C19H18N4OS/c1-13(19-21-15-7-3-4-8-16(15)25-19)22(2)12-14-11-18(24)23-10-6-5-9-17(23)20-14/h3-11,13H,12H2,1-2H3/t13-/m1/s1. The van der Waals surface area contributed by atoms with Gasteiger partial charge in [-0.3, -0.25) is 14.1 Å². The third kappa shape index (κ3) is 3.06. The third-order valence-electron chi connectivity index (χ3n) is 4.36. The molecular formula is C19H18N4OS. The van der Waals surface area contributed by atoms with E-state index < -0.39 is 0 Å². The van der Waals surface area contributed by atoms with Crippen molar-refractivity contribution in [2.45, 2.75) is 19.5 Å². The summed E-state index contributed by atoms with van der Waals surface area (Å²) in [5, 5.41) is 1.07. The van der Waals surface area contributed by atoms with E-state index in [1.54, 1.807) is 28.0 Å². The van der Waals surface area contributed by atoms with Gasteiger partial charge >= 0.3 is 0 Å². The highest BCUT2D eigenvalue weighted by Gasteiger charge is 2.17. The molecule has 4 aromatic rings. The minimum absolute atomic E-state index is 0.0540. The molecule has 0 saturated heterocycles. The van der Waals surface area contributed by atoms with Gasteiger partial charge in [0, 0.05) is 18.8 Å². The van der Waals surface area contributed by atoms with Gasteiger partial charge in [-0.25, -0.2) is 9.97 Å². The first-order valence-electron chi connectivity index (χ1n) is 8.15. The largest absolute Gasteiger partial charge is 0.291 e. The number of hydrogen-bond acceptors (Lipinski definition) is 5. The average molecular weight is 350 g/mol. The number of hydrogen-bond donors (Lipinski definition) is 0. The number of benzene rings is 1. The van der Waals surface area contributed by atoms with Crippen LogP contribution < -0.4 is 5.56 Å². The maximum atomic E-state index is 12.2. The lowest BCUT2D eigenvalue weighted by molar-refractivity contribution is 0.250. The molecular weight excluding hydrogens is 332 g/mol. The molecule has 5 nitrogen and oxygen atoms in total. The highest BCUT2D eigenvalue weighted by Crippen LogP contribution is 2.29. The van der Waals surface area contributed by atoms with Gasteiger partial charge in [-0.15, -0.1) is 11.3 Å². The molecule has 0 unspecified atom stereocenters. The summed E-state index contributed by atoms with van der Waals surface area (Å²) in [4.78, 5) is 23.7. The number of pyridine rings is 1. The maximum absolute atomic E-state index is 12.2. The van der Waals surface area contributed by atoms with Crippen molar-refractivity contribution in [2.24, 2.45) is 0 Å². The molecule has 0 aliphatic rings. The summed E-state index contributed by atoms with van der Waals surface area (Å²) in [5.74, 6) is 0. The van der Waals surface area contributed by atoms with Crippen LogP contribution in [0.1, 0.15) is 23.7 Å². The van der Waals surface area contributed by atoms with Crippen molar-refractivity contribution in [2.75, 3.05) is 7.05 Å². The van der Waals surface area contributed by atoms with Crippen LogP contribution in [0.15, 0.2) is 59.5 Å². The van der Waals surface area contributed by atoms with Crippen LogP contribution in [0.2, 0.25) is 0 Å². The average Bonchev–Trinajstić information content (AvgIpc) is 3.05. The molecule has 4 rings (SSSR count). The Kier molecular flexibility index (Phi) is 4.07. The SMILES string of the molecule is C[C@H](c1nc2ccccc2s1)N(C)Cc1cc(=O)n2ccccc2n1. The summed E-state index contributed by atoms with van der Waals surface area (Å²) in [5.41, 5.74) is 2.42. The molecule has 0 N–H and O–H groups in total. The first-order valence-corrected chi connectivity index (χ1v) is 8.96. The van der Waals surface area contributed by atoms with Gasteiger partial charge in [-0.1, -0.05) is 18.2 Å². The zero-order chi connectivity index (χ0) is 17.4. The summed E-state index contributed by atoms with van der Waals surface area (Å²) < 4.78 is 2.75. The topological polar surface area (TPSA) is 50.5 Å². The second-order valence-corrected chi connectivity index (χ2v) is 7.19. The Bertz CT molecular complexity index is 1070. The Labute approximate surface area is 149 Å². The van der Waals surface area contributed by atoms with E-state index in [9.17, 15) is 4.79 Å². The lowest BCUT2D eigenvalue weighted by Crippen LogP contribution is -2.24. The van der Waals surface area contributed by atoms with E-state index in [4.69, 9.17) is 4.98 Å². The van der Waals surface area contributed by atoms with Crippen LogP contribution in [0.5, 0.6) is 0 Å². The van der Waals surface area contributed by atoms with Crippen LogP contribution in [0.25, 0.3) is 15.9 Å². The predicted molar refractivity (Wildman–Crippen MR) is 101 cm³/mol. The number of para-hydroxylation sites is 1. The highest BCUT2D eigenvalue weighted by molar-refractivity contribution is 7.18. The van der Waals surface area contributed by atoms with E-state index in [0.29, 0.717) is 12.2 Å². The fourth-order valence-electron chi connectivity index (χ4n) is 2.83. The van der Waals surface area contributed by atoms with Crippen molar-refractivity contribution in [1.29, 1.82) is 0 Å². The first-order chi connectivity index (χ1) is 12.1. The van der Waals surface area contributed by atoms with E-state index in [-0.39, 0.29) is 11.6 Å². The van der Waals surface area contributed by atoms with Gasteiger partial charge in [0.25, 0.3) is 5.56 Å². The van der Waals surface area contributed by atoms with Gasteiger partial charge in [0.05, 0.1) is 22.0 Å². The summed E-state index contributed by atoms with van der Waals surface area (Å²) in [6, 6.07) is 15.5. The molecule has 3 heterocycles. The molecule has 3 aromatic heterocycles. The Morgan fingerprint density at radius 3 is 2.80 bits per heavy atom. The smallest absolute Gasteiger partial charge is 0.258 e. The number of aromatic nitrogens is 3. The number of thiazole rings is 1. The normalized spacial score (nSPS) is 12.9. The van der Waals surface area contributed by atoms with Crippen molar-refractivity contribution in [3.8, 4) is 0 Å². The Hall–Kier alpha value is -2.57. The van der Waals surface area contributed by atoms with Crippen LogP contribution in [-0.2, 0) is 6.54 Å². The monoisotopic (exact) mass is 350 g/mol. The van der Waals surface area contributed by atoms with E-state index in [2.05, 4.69) is 22.9 Å². The van der Waals surface area contributed by atoms with Gasteiger partial charge in [-0.2, -0.15) is 0 Å². The number of nitrogens with zero attached hydrogens (tertiary/aromatic N) is 4. The van der Waals surface area contributed by atoms with Crippen LogP contribution in [0.3, 0.4) is 0 Å². The zero-order valence-corrected chi connectivity index (χ0v) is 14.9.